The summed E-state index contributed by atoms with van der Waals surface area (Å²) in [4.78, 5) is 12.4. The number of aliphatic hydroxyl groups is 1. The Morgan fingerprint density at radius 1 is 1.38 bits per heavy atom. The maximum absolute atomic E-state index is 12.4. The van der Waals surface area contributed by atoms with Crippen molar-refractivity contribution < 1.29 is 14.6 Å². The molecule has 2 rings (SSSR count). The van der Waals surface area contributed by atoms with Crippen LogP contribution in [0, 0.1) is 0 Å². The van der Waals surface area contributed by atoms with E-state index >= 15 is 0 Å². The second-order valence-electron chi connectivity index (χ2n) is 5.93. The molecule has 0 fully saturated rings. The highest BCUT2D eigenvalue weighted by molar-refractivity contribution is 5.92. The van der Waals surface area contributed by atoms with Gasteiger partial charge >= 0.3 is 0 Å². The van der Waals surface area contributed by atoms with Crippen LogP contribution in [-0.2, 0) is 6.54 Å². The first-order valence-corrected chi connectivity index (χ1v) is 8.14. The van der Waals surface area contributed by atoms with E-state index in [0.29, 0.717) is 23.6 Å². The van der Waals surface area contributed by atoms with Crippen LogP contribution < -0.4 is 10.1 Å². The smallest absolute Gasteiger partial charge is 0.269 e. The molecule has 0 bridgehead atoms. The van der Waals surface area contributed by atoms with Crippen LogP contribution in [0.15, 0.2) is 30.3 Å². The number of benzene rings is 1. The third-order valence-corrected chi connectivity index (χ3v) is 3.86. The molecule has 0 saturated carbocycles. The number of aryl methyl sites for hydroxylation is 1. The minimum Gasteiger partial charge on any atom is -0.497 e. The average molecular weight is 331 g/mol. The summed E-state index contributed by atoms with van der Waals surface area (Å²) < 4.78 is 6.83. The van der Waals surface area contributed by atoms with Crippen LogP contribution in [0.2, 0.25) is 0 Å². The maximum atomic E-state index is 12.4. The first-order valence-electron chi connectivity index (χ1n) is 8.14. The number of amides is 1. The molecule has 2 N–H and O–H groups in total. The summed E-state index contributed by atoms with van der Waals surface area (Å²) in [6, 6.07) is 8.97. The van der Waals surface area contributed by atoms with E-state index in [0.717, 1.165) is 5.69 Å². The fourth-order valence-electron chi connectivity index (χ4n) is 2.39. The third-order valence-electron chi connectivity index (χ3n) is 3.86. The molecule has 0 aliphatic heterocycles. The van der Waals surface area contributed by atoms with Crippen molar-refractivity contribution in [1.29, 1.82) is 0 Å². The number of nitrogens with zero attached hydrogens (tertiary/aromatic N) is 2. The molecule has 1 aromatic heterocycles. The molecule has 0 spiro atoms. The lowest BCUT2D eigenvalue weighted by Gasteiger charge is -2.13. The molecule has 1 atom stereocenters. The monoisotopic (exact) mass is 331 g/mol. The Bertz CT molecular complexity index is 695. The Kier molecular flexibility index (Phi) is 5.98. The number of rotatable bonds is 7. The van der Waals surface area contributed by atoms with Gasteiger partial charge in [0.15, 0.2) is 0 Å². The van der Waals surface area contributed by atoms with E-state index in [-0.39, 0.29) is 18.4 Å². The summed E-state index contributed by atoms with van der Waals surface area (Å²) in [5.41, 5.74) is 2.09. The van der Waals surface area contributed by atoms with Gasteiger partial charge in [0.2, 0.25) is 0 Å². The van der Waals surface area contributed by atoms with Crippen LogP contribution in [0.5, 0.6) is 5.75 Å². The molecule has 6 heteroatoms. The number of methoxy groups -OCH3 is 1. The zero-order valence-electron chi connectivity index (χ0n) is 14.6. The van der Waals surface area contributed by atoms with Gasteiger partial charge in [-0.1, -0.05) is 26.0 Å². The molecule has 0 aliphatic carbocycles. The lowest BCUT2D eigenvalue weighted by atomic mass is 10.1. The SMILES string of the molecule is CCn1nc(C(C)C)cc1C(=O)NCC(O)c1cccc(OC)c1. The standard InChI is InChI=1S/C18H25N3O3/c1-5-21-16(10-15(20-21)12(2)3)18(23)19-11-17(22)13-7-6-8-14(9-13)24-4/h6-10,12,17,22H,5,11H2,1-4H3,(H,19,23). The molecular weight excluding hydrogens is 306 g/mol. The molecule has 0 saturated heterocycles. The lowest BCUT2D eigenvalue weighted by Crippen LogP contribution is -2.30. The molecule has 6 nitrogen and oxygen atoms in total. The second-order valence-corrected chi connectivity index (χ2v) is 5.93. The highest BCUT2D eigenvalue weighted by Crippen LogP contribution is 2.19. The molecule has 1 aromatic carbocycles. The van der Waals surface area contributed by atoms with E-state index in [2.05, 4.69) is 10.4 Å². The van der Waals surface area contributed by atoms with Crippen molar-refractivity contribution in [3.05, 3.63) is 47.3 Å². The van der Waals surface area contributed by atoms with Crippen LogP contribution in [0.25, 0.3) is 0 Å². The van der Waals surface area contributed by atoms with Crippen LogP contribution in [0.3, 0.4) is 0 Å². The summed E-state index contributed by atoms with van der Waals surface area (Å²) in [5, 5.41) is 17.5. The Morgan fingerprint density at radius 2 is 2.12 bits per heavy atom. The molecule has 130 valence electrons. The average Bonchev–Trinajstić information content (AvgIpc) is 3.04. The number of carbonyl (C=O) groups is 1. The van der Waals surface area contributed by atoms with E-state index in [4.69, 9.17) is 4.74 Å². The second kappa shape index (κ2) is 7.97. The normalized spacial score (nSPS) is 12.2. The van der Waals surface area contributed by atoms with Crippen molar-refractivity contribution in [3.8, 4) is 5.75 Å². The Hall–Kier alpha value is -2.34. The van der Waals surface area contributed by atoms with Gasteiger partial charge in [0.05, 0.1) is 18.9 Å². The third kappa shape index (κ3) is 4.14. The summed E-state index contributed by atoms with van der Waals surface area (Å²) in [6.45, 7) is 6.76. The maximum Gasteiger partial charge on any atom is 0.269 e. The van der Waals surface area contributed by atoms with Crippen LogP contribution in [0.4, 0.5) is 0 Å². The number of hydrogen-bond acceptors (Lipinski definition) is 4. The van der Waals surface area contributed by atoms with E-state index in [1.807, 2.05) is 26.8 Å². The molecular formula is C18H25N3O3. The summed E-state index contributed by atoms with van der Waals surface area (Å²) in [5.74, 6) is 0.688. The number of nitrogens with one attached hydrogen (secondary N) is 1. The van der Waals surface area contributed by atoms with Crippen molar-refractivity contribution in [3.63, 3.8) is 0 Å². The topological polar surface area (TPSA) is 76.4 Å². The number of ether oxygens (including phenoxy) is 1. The molecule has 24 heavy (non-hydrogen) atoms. The van der Waals surface area contributed by atoms with Crippen molar-refractivity contribution in [2.75, 3.05) is 13.7 Å². The number of aromatic nitrogens is 2. The van der Waals surface area contributed by atoms with Crippen LogP contribution >= 0.6 is 0 Å². The Labute approximate surface area is 142 Å². The van der Waals surface area contributed by atoms with E-state index in [9.17, 15) is 9.90 Å². The van der Waals surface area contributed by atoms with Gasteiger partial charge in [0, 0.05) is 13.1 Å². The fourth-order valence-corrected chi connectivity index (χ4v) is 2.39. The zero-order chi connectivity index (χ0) is 17.7. The predicted octanol–water partition coefficient (Wildman–Crippen LogP) is 2.50. The van der Waals surface area contributed by atoms with Crippen molar-refractivity contribution >= 4 is 5.91 Å². The first kappa shape index (κ1) is 18.0. The molecule has 2 aromatic rings. The van der Waals surface area contributed by atoms with Gasteiger partial charge in [0.25, 0.3) is 5.91 Å². The fraction of sp³-hybridized carbons (Fsp3) is 0.444. The predicted molar refractivity (Wildman–Crippen MR) is 92.3 cm³/mol. The molecule has 1 amide bonds. The van der Waals surface area contributed by atoms with Gasteiger partial charge in [-0.05, 0) is 36.6 Å². The van der Waals surface area contributed by atoms with E-state index in [1.54, 1.807) is 36.1 Å². The Balaban J connectivity index is 2.04. The summed E-state index contributed by atoms with van der Waals surface area (Å²) in [7, 11) is 1.57. The molecule has 0 radical (unpaired) electrons. The largest absolute Gasteiger partial charge is 0.497 e. The zero-order valence-corrected chi connectivity index (χ0v) is 14.6. The molecule has 0 aliphatic rings. The highest BCUT2D eigenvalue weighted by atomic mass is 16.5. The van der Waals surface area contributed by atoms with Crippen molar-refractivity contribution in [2.24, 2.45) is 0 Å². The minimum absolute atomic E-state index is 0.123. The van der Waals surface area contributed by atoms with Crippen LogP contribution in [0.1, 0.15) is 54.5 Å². The van der Waals surface area contributed by atoms with Crippen LogP contribution in [-0.4, -0.2) is 34.4 Å². The molecule has 1 unspecified atom stereocenters. The quantitative estimate of drug-likeness (QED) is 0.817. The molecule has 1 heterocycles. The summed E-state index contributed by atoms with van der Waals surface area (Å²) in [6.07, 6.45) is -0.799. The van der Waals surface area contributed by atoms with Gasteiger partial charge in [-0.2, -0.15) is 5.10 Å². The summed E-state index contributed by atoms with van der Waals surface area (Å²) >= 11 is 0. The number of aliphatic hydroxyl groups excluding tert-OH is 1. The first-order chi connectivity index (χ1) is 11.5. The number of carbonyl (C=O) groups excluding carboxylic acids is 1. The van der Waals surface area contributed by atoms with Gasteiger partial charge in [-0.25, -0.2) is 0 Å². The van der Waals surface area contributed by atoms with Gasteiger partial charge in [0.1, 0.15) is 11.4 Å². The van der Waals surface area contributed by atoms with Gasteiger partial charge in [-0.15, -0.1) is 0 Å². The number of hydrogen-bond donors (Lipinski definition) is 2. The van der Waals surface area contributed by atoms with Gasteiger partial charge < -0.3 is 15.2 Å². The van der Waals surface area contributed by atoms with E-state index < -0.39 is 6.10 Å². The Morgan fingerprint density at radius 3 is 2.75 bits per heavy atom. The minimum atomic E-state index is -0.799. The lowest BCUT2D eigenvalue weighted by molar-refractivity contribution is 0.0905. The van der Waals surface area contributed by atoms with E-state index in [1.165, 1.54) is 0 Å². The van der Waals surface area contributed by atoms with Gasteiger partial charge in [-0.3, -0.25) is 9.48 Å². The highest BCUT2D eigenvalue weighted by Gasteiger charge is 2.17. The van der Waals surface area contributed by atoms with Crippen molar-refractivity contribution in [1.82, 2.24) is 15.1 Å². The van der Waals surface area contributed by atoms with Crippen molar-refractivity contribution in [2.45, 2.75) is 39.3 Å².